The monoisotopic (exact) mass is 243 g/mol. The summed E-state index contributed by atoms with van der Waals surface area (Å²) in [7, 11) is 0. The molecule has 0 radical (unpaired) electrons. The third kappa shape index (κ3) is 2.07. The zero-order valence-corrected chi connectivity index (χ0v) is 9.39. The lowest BCUT2D eigenvalue weighted by Crippen LogP contribution is -2.06. The summed E-state index contributed by atoms with van der Waals surface area (Å²) in [6.45, 7) is 3.65. The van der Waals surface area contributed by atoms with Crippen molar-refractivity contribution < 1.29 is 13.2 Å². The maximum Gasteiger partial charge on any atom is 0.416 e. The molecule has 0 saturated heterocycles. The lowest BCUT2D eigenvalue weighted by Gasteiger charge is -2.12. The van der Waals surface area contributed by atoms with E-state index in [-0.39, 0.29) is 17.4 Å². The van der Waals surface area contributed by atoms with Gasteiger partial charge in [0, 0.05) is 0 Å². The first-order valence-electron chi connectivity index (χ1n) is 5.15. The van der Waals surface area contributed by atoms with Crippen LogP contribution in [0.25, 0.3) is 11.0 Å². The normalized spacial score (nSPS) is 12.6. The molecule has 0 aliphatic rings. The van der Waals surface area contributed by atoms with Crippen LogP contribution in [0, 0.1) is 0 Å². The number of hydrogen-bond donors (Lipinski definition) is 2. The number of halogens is 3. The van der Waals surface area contributed by atoms with E-state index >= 15 is 0 Å². The number of aromatic nitrogens is 2. The zero-order valence-electron chi connectivity index (χ0n) is 9.39. The molecule has 0 bridgehead atoms. The highest BCUT2D eigenvalue weighted by molar-refractivity contribution is 5.82. The number of hydrogen-bond acceptors (Lipinski definition) is 2. The number of aromatic amines is 1. The first kappa shape index (κ1) is 11.8. The van der Waals surface area contributed by atoms with Gasteiger partial charge in [0.25, 0.3) is 0 Å². The Morgan fingerprint density at radius 1 is 1.29 bits per heavy atom. The van der Waals surface area contributed by atoms with E-state index in [2.05, 4.69) is 9.97 Å². The van der Waals surface area contributed by atoms with Gasteiger partial charge in [-0.2, -0.15) is 13.2 Å². The number of nitrogens with one attached hydrogen (secondary N) is 1. The van der Waals surface area contributed by atoms with Gasteiger partial charge in [0.15, 0.2) is 5.95 Å². The molecular formula is C11H12F3N3. The molecule has 2 aromatic rings. The van der Waals surface area contributed by atoms with Crippen LogP contribution < -0.4 is 5.73 Å². The molecule has 17 heavy (non-hydrogen) atoms. The van der Waals surface area contributed by atoms with Crippen LogP contribution >= 0.6 is 0 Å². The van der Waals surface area contributed by atoms with Crippen molar-refractivity contribution in [1.82, 2.24) is 9.97 Å². The number of nitrogens with two attached hydrogens (primary N) is 1. The lowest BCUT2D eigenvalue weighted by molar-refractivity contribution is -0.137. The fourth-order valence-corrected chi connectivity index (χ4v) is 1.78. The summed E-state index contributed by atoms with van der Waals surface area (Å²) >= 11 is 0. The van der Waals surface area contributed by atoms with Gasteiger partial charge in [-0.05, 0) is 23.6 Å². The van der Waals surface area contributed by atoms with Crippen LogP contribution in [0.15, 0.2) is 12.1 Å². The summed E-state index contributed by atoms with van der Waals surface area (Å²) in [6.07, 6.45) is -4.37. The molecule has 6 heteroatoms. The molecule has 1 aromatic heterocycles. The van der Waals surface area contributed by atoms with Crippen molar-refractivity contribution in [2.75, 3.05) is 5.73 Å². The second-order valence-electron chi connectivity index (χ2n) is 4.23. The van der Waals surface area contributed by atoms with E-state index in [1.807, 2.05) is 13.8 Å². The predicted octanol–water partition coefficient (Wildman–Crippen LogP) is 3.29. The Labute approximate surface area is 95.8 Å². The lowest BCUT2D eigenvalue weighted by atomic mass is 9.99. The van der Waals surface area contributed by atoms with Gasteiger partial charge in [0.2, 0.25) is 0 Å². The van der Waals surface area contributed by atoms with Gasteiger partial charge in [-0.1, -0.05) is 13.8 Å². The van der Waals surface area contributed by atoms with E-state index in [0.717, 1.165) is 12.1 Å². The Bertz CT molecular complexity index is 555. The number of imidazole rings is 1. The molecule has 2 rings (SSSR count). The highest BCUT2D eigenvalue weighted by Gasteiger charge is 2.32. The van der Waals surface area contributed by atoms with Gasteiger partial charge in [0.1, 0.15) is 0 Å². The molecule has 0 aliphatic carbocycles. The van der Waals surface area contributed by atoms with Crippen molar-refractivity contribution in [2.24, 2.45) is 0 Å². The van der Waals surface area contributed by atoms with Gasteiger partial charge < -0.3 is 10.7 Å². The topological polar surface area (TPSA) is 54.7 Å². The number of anilines is 1. The van der Waals surface area contributed by atoms with Crippen molar-refractivity contribution in [3.8, 4) is 0 Å². The molecule has 0 atom stereocenters. The van der Waals surface area contributed by atoms with E-state index < -0.39 is 11.7 Å². The van der Waals surface area contributed by atoms with E-state index in [9.17, 15) is 13.2 Å². The number of H-pyrrole nitrogens is 1. The molecule has 3 nitrogen and oxygen atoms in total. The number of nitrogens with zero attached hydrogens (tertiary/aromatic N) is 1. The molecule has 1 heterocycles. The first-order valence-corrected chi connectivity index (χ1v) is 5.15. The van der Waals surface area contributed by atoms with Crippen LogP contribution in [0.2, 0.25) is 0 Å². The Kier molecular flexibility index (Phi) is 2.52. The van der Waals surface area contributed by atoms with Crippen LogP contribution in [0.4, 0.5) is 19.1 Å². The fourth-order valence-electron chi connectivity index (χ4n) is 1.78. The third-order valence-corrected chi connectivity index (χ3v) is 2.59. The van der Waals surface area contributed by atoms with Gasteiger partial charge in [-0.3, -0.25) is 0 Å². The van der Waals surface area contributed by atoms with Gasteiger partial charge in [0.05, 0.1) is 16.6 Å². The average Bonchev–Trinajstić information content (AvgIpc) is 2.54. The van der Waals surface area contributed by atoms with Crippen molar-refractivity contribution in [1.29, 1.82) is 0 Å². The van der Waals surface area contributed by atoms with Gasteiger partial charge in [-0.25, -0.2) is 4.98 Å². The maximum atomic E-state index is 12.7. The fraction of sp³-hybridized carbons (Fsp3) is 0.364. The Morgan fingerprint density at radius 2 is 1.94 bits per heavy atom. The molecule has 92 valence electrons. The van der Waals surface area contributed by atoms with E-state index in [1.165, 1.54) is 0 Å². The molecule has 3 N–H and O–H groups in total. The number of fused-ring (bicyclic) bond motifs is 1. The van der Waals surface area contributed by atoms with Crippen molar-refractivity contribution in [3.63, 3.8) is 0 Å². The van der Waals surface area contributed by atoms with Crippen LogP contribution in [0.1, 0.15) is 30.9 Å². The second kappa shape index (κ2) is 3.65. The molecule has 0 unspecified atom stereocenters. The van der Waals surface area contributed by atoms with Crippen LogP contribution in [0.3, 0.4) is 0 Å². The predicted molar refractivity (Wildman–Crippen MR) is 59.6 cm³/mol. The zero-order chi connectivity index (χ0) is 12.8. The molecule has 0 amide bonds. The summed E-state index contributed by atoms with van der Waals surface area (Å²) in [4.78, 5) is 6.64. The minimum absolute atomic E-state index is 0.0420. The maximum absolute atomic E-state index is 12.7. The third-order valence-electron chi connectivity index (χ3n) is 2.59. The SMILES string of the molecule is CC(C)c1cc(C(F)(F)F)cc2nc(N)[nH]c12. The molecule has 1 aromatic carbocycles. The van der Waals surface area contributed by atoms with Crippen LogP contribution in [0.5, 0.6) is 0 Å². The van der Waals surface area contributed by atoms with E-state index in [1.54, 1.807) is 0 Å². The highest BCUT2D eigenvalue weighted by Crippen LogP contribution is 2.35. The quantitative estimate of drug-likeness (QED) is 0.807. The summed E-state index contributed by atoms with van der Waals surface area (Å²) in [5.74, 6) is 0.0841. The smallest absolute Gasteiger partial charge is 0.369 e. The Morgan fingerprint density at radius 3 is 2.47 bits per heavy atom. The van der Waals surface area contributed by atoms with Crippen LogP contribution in [-0.4, -0.2) is 9.97 Å². The van der Waals surface area contributed by atoms with Gasteiger partial charge >= 0.3 is 6.18 Å². The average molecular weight is 243 g/mol. The number of alkyl halides is 3. The van der Waals surface area contributed by atoms with E-state index in [0.29, 0.717) is 11.1 Å². The minimum atomic E-state index is -4.37. The molecular weight excluding hydrogens is 231 g/mol. The molecule has 0 fully saturated rings. The number of nitrogen functional groups attached to an aromatic ring is 1. The summed E-state index contributed by atoms with van der Waals surface area (Å²) in [6, 6.07) is 2.15. The second-order valence-corrected chi connectivity index (χ2v) is 4.23. The highest BCUT2D eigenvalue weighted by atomic mass is 19.4. The Hall–Kier alpha value is -1.72. The largest absolute Gasteiger partial charge is 0.416 e. The van der Waals surface area contributed by atoms with Crippen LogP contribution in [-0.2, 0) is 6.18 Å². The van der Waals surface area contributed by atoms with E-state index in [4.69, 9.17) is 5.73 Å². The van der Waals surface area contributed by atoms with Crippen molar-refractivity contribution in [3.05, 3.63) is 23.3 Å². The van der Waals surface area contributed by atoms with Crippen molar-refractivity contribution in [2.45, 2.75) is 25.9 Å². The minimum Gasteiger partial charge on any atom is -0.369 e. The molecule has 0 saturated carbocycles. The number of rotatable bonds is 1. The molecule has 0 aliphatic heterocycles. The summed E-state index contributed by atoms with van der Waals surface area (Å²) in [5, 5.41) is 0. The van der Waals surface area contributed by atoms with Crippen molar-refractivity contribution >= 4 is 17.0 Å². The van der Waals surface area contributed by atoms with Gasteiger partial charge in [-0.15, -0.1) is 0 Å². The standard InChI is InChI=1S/C11H12F3N3/c1-5(2)7-3-6(11(12,13)14)4-8-9(7)17-10(15)16-8/h3-5H,1-2H3,(H3,15,16,17). The first-order chi connectivity index (χ1) is 7.79. The summed E-state index contributed by atoms with van der Waals surface area (Å²) in [5.41, 5.74) is 6.17. The number of benzene rings is 1. The Balaban J connectivity index is 2.75. The molecule has 0 spiro atoms. The summed E-state index contributed by atoms with van der Waals surface area (Å²) < 4.78 is 38.1.